The Morgan fingerprint density at radius 1 is 0.278 bits per heavy atom. The number of hydrogen-bond donors (Lipinski definition) is 3. The number of aliphatic hydroxyl groups excluding tert-OH is 1. The van der Waals surface area contributed by atoms with Gasteiger partial charge >= 0.3 is 39.5 Å². The Hall–Kier alpha value is -1.94. The van der Waals surface area contributed by atoms with Gasteiger partial charge in [0.25, 0.3) is 0 Å². The van der Waals surface area contributed by atoms with Crippen molar-refractivity contribution in [2.24, 2.45) is 11.8 Å². The molecule has 0 aromatic heterocycles. The van der Waals surface area contributed by atoms with E-state index in [1.807, 2.05) is 0 Å². The molecule has 0 heterocycles. The lowest BCUT2D eigenvalue weighted by molar-refractivity contribution is -0.161. The van der Waals surface area contributed by atoms with Crippen LogP contribution in [0.25, 0.3) is 0 Å². The number of phosphoric acid groups is 2. The summed E-state index contributed by atoms with van der Waals surface area (Å²) in [7, 11) is -9.91. The molecule has 0 aliphatic rings. The van der Waals surface area contributed by atoms with Gasteiger partial charge in [0.15, 0.2) is 12.2 Å². The smallest absolute Gasteiger partial charge is 0.462 e. The maximum absolute atomic E-state index is 13.1. The molecule has 3 N–H and O–H groups in total. The molecule has 0 radical (unpaired) electrons. The minimum absolute atomic E-state index is 0.106. The fourth-order valence-electron chi connectivity index (χ4n) is 12.0. The summed E-state index contributed by atoms with van der Waals surface area (Å²) < 4.78 is 68.6. The molecule has 5 atom stereocenters. The molecule has 19 heteroatoms. The zero-order valence-electron chi connectivity index (χ0n) is 63.4. The lowest BCUT2D eigenvalue weighted by Crippen LogP contribution is -2.30. The second kappa shape index (κ2) is 69.8. The highest BCUT2D eigenvalue weighted by atomic mass is 31.2. The molecule has 0 aliphatic heterocycles. The summed E-state index contributed by atoms with van der Waals surface area (Å²) in [6.07, 6.45) is 58.1. The van der Waals surface area contributed by atoms with Crippen LogP contribution in [0.2, 0.25) is 0 Å². The Balaban J connectivity index is 5.25. The first-order valence-electron chi connectivity index (χ1n) is 40.5. The highest BCUT2D eigenvalue weighted by Crippen LogP contribution is 2.45. The van der Waals surface area contributed by atoms with Crippen LogP contribution in [0.4, 0.5) is 0 Å². The van der Waals surface area contributed by atoms with E-state index >= 15 is 0 Å². The molecule has 0 aromatic rings. The molecular weight excluding hydrogens is 1270 g/mol. The molecule has 2 unspecified atom stereocenters. The molecule has 0 amide bonds. The van der Waals surface area contributed by atoms with Crippen molar-refractivity contribution in [1.29, 1.82) is 0 Å². The van der Waals surface area contributed by atoms with Gasteiger partial charge in [-0.15, -0.1) is 0 Å². The monoisotopic (exact) mass is 1420 g/mol. The number of phosphoric ester groups is 2. The van der Waals surface area contributed by atoms with E-state index in [4.69, 9.17) is 37.0 Å². The average Bonchev–Trinajstić information content (AvgIpc) is 1.01. The number of aliphatic hydroxyl groups is 1. The van der Waals surface area contributed by atoms with Crippen LogP contribution in [0.1, 0.15) is 408 Å². The van der Waals surface area contributed by atoms with E-state index in [0.717, 1.165) is 102 Å². The summed E-state index contributed by atoms with van der Waals surface area (Å²) in [6.45, 7) is 9.64. The molecule has 0 saturated heterocycles. The maximum atomic E-state index is 13.1. The minimum Gasteiger partial charge on any atom is -0.462 e. The molecular formula is C78H152O17P2. The third-order valence-electron chi connectivity index (χ3n) is 18.2. The third kappa shape index (κ3) is 72.2. The number of ether oxygens (including phenoxy) is 4. The van der Waals surface area contributed by atoms with Crippen molar-refractivity contribution in [1.82, 2.24) is 0 Å². The largest absolute Gasteiger partial charge is 0.472 e. The van der Waals surface area contributed by atoms with Gasteiger partial charge in [-0.1, -0.05) is 356 Å². The van der Waals surface area contributed by atoms with Crippen LogP contribution < -0.4 is 0 Å². The summed E-state index contributed by atoms with van der Waals surface area (Å²) in [5, 5.41) is 10.6. The molecule has 97 heavy (non-hydrogen) atoms. The van der Waals surface area contributed by atoms with Crippen LogP contribution in [0.5, 0.6) is 0 Å². The van der Waals surface area contributed by atoms with Crippen molar-refractivity contribution in [2.75, 3.05) is 39.6 Å². The summed E-state index contributed by atoms with van der Waals surface area (Å²) in [6, 6.07) is 0. The first-order valence-corrected chi connectivity index (χ1v) is 43.5. The van der Waals surface area contributed by atoms with Crippen LogP contribution in [0.15, 0.2) is 0 Å². The number of unbranched alkanes of at least 4 members (excludes halogenated alkanes) is 47. The topological polar surface area (TPSA) is 237 Å². The number of carbonyl (C=O) groups excluding carboxylic acids is 4. The highest BCUT2D eigenvalue weighted by Gasteiger charge is 2.30. The number of hydrogen-bond acceptors (Lipinski definition) is 15. The molecule has 0 saturated carbocycles. The van der Waals surface area contributed by atoms with Gasteiger partial charge in [-0.05, 0) is 37.5 Å². The second-order valence-electron chi connectivity index (χ2n) is 29.1. The van der Waals surface area contributed by atoms with Gasteiger partial charge in [-0.3, -0.25) is 37.3 Å². The zero-order chi connectivity index (χ0) is 71.4. The predicted octanol–water partition coefficient (Wildman–Crippen LogP) is 23.1. The van der Waals surface area contributed by atoms with Crippen LogP contribution in [0, 0.1) is 11.8 Å². The van der Waals surface area contributed by atoms with Gasteiger partial charge in [-0.25, -0.2) is 9.13 Å². The summed E-state index contributed by atoms with van der Waals surface area (Å²) >= 11 is 0. The van der Waals surface area contributed by atoms with Gasteiger partial charge in [0.05, 0.1) is 26.4 Å². The zero-order valence-corrected chi connectivity index (χ0v) is 65.2. The van der Waals surface area contributed by atoms with Crippen LogP contribution >= 0.6 is 15.6 Å². The molecule has 0 rings (SSSR count). The van der Waals surface area contributed by atoms with E-state index in [-0.39, 0.29) is 25.7 Å². The Kier molecular flexibility index (Phi) is 68.4. The quantitative estimate of drug-likeness (QED) is 0.0222. The van der Waals surface area contributed by atoms with Gasteiger partial charge in [-0.2, -0.15) is 0 Å². The normalized spacial score (nSPS) is 14.0. The Morgan fingerprint density at radius 2 is 0.474 bits per heavy atom. The second-order valence-corrected chi connectivity index (χ2v) is 32.0. The molecule has 0 fully saturated rings. The SMILES string of the molecule is CCCCCCCCCCCCCCCCC(=O)OC[C@H](COP(=O)(O)OC[C@@H](O)COP(=O)(O)OC[C@@H](COC(=O)CCCCCCCCCCCCCC)OC(=O)CCCCCCCCCCCCC(C)C)OC(=O)CCCCCCCCCCCCCCCCCC(C)C. The van der Waals surface area contributed by atoms with Gasteiger partial charge < -0.3 is 33.8 Å². The standard InChI is InChI=1S/C78H152O17P2/c1-7-9-11-13-15-17-19-21-26-30-37-43-49-55-61-76(81)89-66-73(94-77(82)62-56-50-44-38-31-27-24-22-23-25-28-34-40-46-52-58-70(3)4)68-92-96(84,85)90-64-72(79)65-91-97(86,87)93-69-74(67-88-75(80)60-54-48-42-36-29-20-18-16-14-12-10-8-2)95-78(83)63-57-51-45-39-33-32-35-41-47-53-59-71(5)6/h70-74,79H,7-69H2,1-6H3,(H,84,85)(H,86,87)/t72-,73-,74-/m1/s1. The fourth-order valence-corrected chi connectivity index (χ4v) is 13.6. The Bertz CT molecular complexity index is 1870. The maximum Gasteiger partial charge on any atom is 0.472 e. The van der Waals surface area contributed by atoms with Crippen molar-refractivity contribution in [3.63, 3.8) is 0 Å². The van der Waals surface area contributed by atoms with Crippen molar-refractivity contribution < 1.29 is 80.2 Å². The van der Waals surface area contributed by atoms with Crippen molar-refractivity contribution >= 4 is 39.5 Å². The first kappa shape index (κ1) is 95.1. The summed E-state index contributed by atoms with van der Waals surface area (Å²) in [5.41, 5.74) is 0. The lowest BCUT2D eigenvalue weighted by Gasteiger charge is -2.21. The number of rotatable bonds is 77. The van der Waals surface area contributed by atoms with Gasteiger partial charge in [0.2, 0.25) is 0 Å². The fraction of sp³-hybridized carbons (Fsp3) is 0.949. The van der Waals surface area contributed by atoms with Crippen LogP contribution in [-0.2, 0) is 65.4 Å². The minimum atomic E-state index is -4.96. The molecule has 0 bridgehead atoms. The van der Waals surface area contributed by atoms with E-state index in [2.05, 4.69) is 41.5 Å². The molecule has 17 nitrogen and oxygen atoms in total. The molecule has 0 aliphatic carbocycles. The van der Waals surface area contributed by atoms with Gasteiger partial charge in [0.1, 0.15) is 19.3 Å². The molecule has 576 valence electrons. The average molecular weight is 1420 g/mol. The van der Waals surface area contributed by atoms with E-state index in [1.165, 1.54) is 225 Å². The van der Waals surface area contributed by atoms with E-state index < -0.39 is 97.5 Å². The van der Waals surface area contributed by atoms with Gasteiger partial charge in [0, 0.05) is 25.7 Å². The Morgan fingerprint density at radius 3 is 0.701 bits per heavy atom. The number of esters is 4. The first-order chi connectivity index (χ1) is 46.9. The predicted molar refractivity (Wildman–Crippen MR) is 395 cm³/mol. The molecule has 0 spiro atoms. The summed E-state index contributed by atoms with van der Waals surface area (Å²) in [4.78, 5) is 72.9. The van der Waals surface area contributed by atoms with Crippen molar-refractivity contribution in [3.8, 4) is 0 Å². The third-order valence-corrected chi connectivity index (χ3v) is 20.1. The van der Waals surface area contributed by atoms with E-state index in [1.54, 1.807) is 0 Å². The highest BCUT2D eigenvalue weighted by molar-refractivity contribution is 7.47. The van der Waals surface area contributed by atoms with Crippen molar-refractivity contribution in [3.05, 3.63) is 0 Å². The summed E-state index contributed by atoms with van der Waals surface area (Å²) in [5.74, 6) is -0.555. The van der Waals surface area contributed by atoms with Crippen molar-refractivity contribution in [2.45, 2.75) is 426 Å². The van der Waals surface area contributed by atoms with E-state index in [0.29, 0.717) is 25.7 Å². The lowest BCUT2D eigenvalue weighted by atomic mass is 10.0. The molecule has 0 aromatic carbocycles. The Labute approximate surface area is 594 Å². The van der Waals surface area contributed by atoms with Crippen LogP contribution in [0.3, 0.4) is 0 Å². The van der Waals surface area contributed by atoms with Crippen LogP contribution in [-0.4, -0.2) is 96.7 Å². The van der Waals surface area contributed by atoms with E-state index in [9.17, 15) is 43.2 Å². The number of carbonyl (C=O) groups is 4.